The Bertz CT molecular complexity index is 951. The van der Waals surface area contributed by atoms with Crippen LogP contribution in [0.2, 0.25) is 0 Å². The lowest BCUT2D eigenvalue weighted by Gasteiger charge is -2.14. The minimum absolute atomic E-state index is 0.0271. The Morgan fingerprint density at radius 3 is 2.70 bits per heavy atom. The molecule has 3 rings (SSSR count). The number of benzene rings is 1. The smallest absolute Gasteiger partial charge is 0.422 e. The maximum Gasteiger partial charge on any atom is 0.422 e. The molecule has 0 saturated heterocycles. The molecule has 0 aliphatic heterocycles. The number of nitrogens with one attached hydrogen (secondary N) is 2. The fraction of sp³-hybridized carbons (Fsp3) is 0.222. The van der Waals surface area contributed by atoms with Crippen LogP contribution in [0.4, 0.5) is 17.6 Å². The Kier molecular flexibility index (Phi) is 5.02. The monoisotopic (exact) mass is 381 g/mol. The lowest BCUT2D eigenvalue weighted by molar-refractivity contribution is -0.153. The maximum absolute atomic E-state index is 13.7. The summed E-state index contributed by atoms with van der Waals surface area (Å²) in [5, 5.41) is 3.00. The van der Waals surface area contributed by atoms with Crippen LogP contribution in [0.15, 0.2) is 42.6 Å². The summed E-state index contributed by atoms with van der Waals surface area (Å²) < 4.78 is 54.7. The number of rotatable bonds is 5. The number of fused-ring (bicyclic) bond motifs is 1. The van der Waals surface area contributed by atoms with E-state index in [1.807, 2.05) is 0 Å². The second kappa shape index (κ2) is 7.26. The molecule has 0 spiro atoms. The van der Waals surface area contributed by atoms with Crippen LogP contribution in [0.1, 0.15) is 29.1 Å². The highest BCUT2D eigenvalue weighted by Gasteiger charge is 2.28. The largest absolute Gasteiger partial charge is 0.483 e. The summed E-state index contributed by atoms with van der Waals surface area (Å²) in [6.45, 7) is 0.261. The quantitative estimate of drug-likeness (QED) is 0.653. The van der Waals surface area contributed by atoms with Crippen LogP contribution in [0.5, 0.6) is 5.75 Å². The molecule has 0 fully saturated rings. The van der Waals surface area contributed by atoms with Crippen molar-refractivity contribution in [3.8, 4) is 5.75 Å². The zero-order valence-corrected chi connectivity index (χ0v) is 14.1. The van der Waals surface area contributed by atoms with E-state index in [4.69, 9.17) is 0 Å². The van der Waals surface area contributed by atoms with Gasteiger partial charge in [-0.1, -0.05) is 6.07 Å². The molecule has 27 heavy (non-hydrogen) atoms. The average molecular weight is 381 g/mol. The van der Waals surface area contributed by atoms with E-state index in [1.165, 1.54) is 30.3 Å². The number of nitrogens with zero attached hydrogens (tertiary/aromatic N) is 1. The molecule has 142 valence electrons. The lowest BCUT2D eigenvalue weighted by Crippen LogP contribution is -2.27. The van der Waals surface area contributed by atoms with Crippen molar-refractivity contribution in [3.05, 3.63) is 59.8 Å². The van der Waals surface area contributed by atoms with Gasteiger partial charge < -0.3 is 15.0 Å². The van der Waals surface area contributed by atoms with E-state index in [1.54, 1.807) is 13.0 Å². The zero-order chi connectivity index (χ0) is 19.6. The molecule has 1 amide bonds. The molecular weight excluding hydrogens is 366 g/mol. The molecule has 2 aromatic heterocycles. The normalized spacial score (nSPS) is 12.8. The topological polar surface area (TPSA) is 67.0 Å². The molecule has 1 unspecified atom stereocenters. The number of halogens is 4. The summed E-state index contributed by atoms with van der Waals surface area (Å²) in [5.74, 6) is -0.926. The molecule has 0 bridgehead atoms. The maximum atomic E-state index is 13.7. The van der Waals surface area contributed by atoms with Gasteiger partial charge >= 0.3 is 6.18 Å². The van der Waals surface area contributed by atoms with Gasteiger partial charge in [-0.15, -0.1) is 0 Å². The molecule has 0 saturated carbocycles. The van der Waals surface area contributed by atoms with Crippen molar-refractivity contribution in [1.82, 2.24) is 15.3 Å². The molecule has 2 N–H and O–H groups in total. The summed E-state index contributed by atoms with van der Waals surface area (Å²) in [5.41, 5.74) is 1.12. The molecule has 2 heterocycles. The van der Waals surface area contributed by atoms with Gasteiger partial charge in [-0.05, 0) is 37.3 Å². The van der Waals surface area contributed by atoms with Crippen LogP contribution in [-0.4, -0.2) is 28.7 Å². The standard InChI is InChI=1S/C18H15F4N3O2/c1-10(14-6-5-11(8-23-14)27-9-18(20,21)22)24-17(26)16-7-12-13(19)3-2-4-15(12)25-16/h2-8,10,25H,9H2,1H3,(H,24,26). The Labute approximate surface area is 151 Å². The minimum atomic E-state index is -4.43. The first-order valence-electron chi connectivity index (χ1n) is 7.96. The summed E-state index contributed by atoms with van der Waals surface area (Å²) in [4.78, 5) is 19.2. The summed E-state index contributed by atoms with van der Waals surface area (Å²) >= 11 is 0. The first-order chi connectivity index (χ1) is 12.7. The van der Waals surface area contributed by atoms with Crippen LogP contribution in [-0.2, 0) is 0 Å². The van der Waals surface area contributed by atoms with Crippen LogP contribution in [0.25, 0.3) is 10.9 Å². The second-order valence-electron chi connectivity index (χ2n) is 5.90. The first-order valence-corrected chi connectivity index (χ1v) is 7.96. The van der Waals surface area contributed by atoms with E-state index in [0.29, 0.717) is 16.6 Å². The Hall–Kier alpha value is -3.10. The van der Waals surface area contributed by atoms with Gasteiger partial charge in [0.15, 0.2) is 6.61 Å². The van der Waals surface area contributed by atoms with Crippen LogP contribution in [0.3, 0.4) is 0 Å². The number of pyridine rings is 1. The summed E-state index contributed by atoms with van der Waals surface area (Å²) in [7, 11) is 0. The van der Waals surface area contributed by atoms with Crippen LogP contribution < -0.4 is 10.1 Å². The second-order valence-corrected chi connectivity index (χ2v) is 5.90. The van der Waals surface area contributed by atoms with Crippen molar-refractivity contribution in [2.24, 2.45) is 0 Å². The molecule has 0 radical (unpaired) electrons. The van der Waals surface area contributed by atoms with E-state index in [2.05, 4.69) is 20.0 Å². The molecular formula is C18H15F4N3O2. The molecule has 1 atom stereocenters. The van der Waals surface area contributed by atoms with Gasteiger partial charge in [-0.3, -0.25) is 9.78 Å². The van der Waals surface area contributed by atoms with Gasteiger partial charge in [0.2, 0.25) is 0 Å². The van der Waals surface area contributed by atoms with Gasteiger partial charge in [-0.2, -0.15) is 13.2 Å². The number of alkyl halides is 3. The van der Waals surface area contributed by atoms with Gasteiger partial charge in [0, 0.05) is 10.9 Å². The number of hydrogen-bond donors (Lipinski definition) is 2. The highest BCUT2D eigenvalue weighted by atomic mass is 19.4. The van der Waals surface area contributed by atoms with E-state index in [9.17, 15) is 22.4 Å². The molecule has 0 aliphatic rings. The van der Waals surface area contributed by atoms with Crippen molar-refractivity contribution < 1.29 is 27.1 Å². The predicted molar refractivity (Wildman–Crippen MR) is 89.9 cm³/mol. The molecule has 1 aromatic carbocycles. The van der Waals surface area contributed by atoms with Crippen molar-refractivity contribution in [2.45, 2.75) is 19.1 Å². The van der Waals surface area contributed by atoms with E-state index in [-0.39, 0.29) is 11.4 Å². The van der Waals surface area contributed by atoms with Gasteiger partial charge in [-0.25, -0.2) is 4.39 Å². The fourth-order valence-electron chi connectivity index (χ4n) is 2.49. The highest BCUT2D eigenvalue weighted by molar-refractivity contribution is 5.98. The number of hydrogen-bond acceptors (Lipinski definition) is 3. The van der Waals surface area contributed by atoms with Gasteiger partial charge in [0.05, 0.1) is 17.9 Å². The third-order valence-corrected chi connectivity index (χ3v) is 3.81. The lowest BCUT2D eigenvalue weighted by atomic mass is 10.2. The van der Waals surface area contributed by atoms with Crippen molar-refractivity contribution >= 4 is 16.8 Å². The molecule has 5 nitrogen and oxygen atoms in total. The number of ether oxygens (including phenoxy) is 1. The van der Waals surface area contributed by atoms with E-state index in [0.717, 1.165) is 6.20 Å². The van der Waals surface area contributed by atoms with E-state index < -0.39 is 30.5 Å². The number of amides is 1. The first kappa shape index (κ1) is 18.7. The SMILES string of the molecule is CC(NC(=O)c1cc2c(F)cccc2[nH]1)c1ccc(OCC(F)(F)F)cn1. The summed E-state index contributed by atoms with van der Waals surface area (Å²) in [6, 6.07) is 8.17. The third kappa shape index (κ3) is 4.55. The zero-order valence-electron chi connectivity index (χ0n) is 14.1. The average Bonchev–Trinajstić information content (AvgIpc) is 3.05. The third-order valence-electron chi connectivity index (χ3n) is 3.81. The number of carbonyl (C=O) groups is 1. The van der Waals surface area contributed by atoms with Crippen molar-refractivity contribution in [3.63, 3.8) is 0 Å². The number of H-pyrrole nitrogens is 1. The minimum Gasteiger partial charge on any atom is -0.483 e. The summed E-state index contributed by atoms with van der Waals surface area (Å²) in [6.07, 6.45) is -3.28. The predicted octanol–water partition coefficient (Wildman–Crippen LogP) is 4.13. The Morgan fingerprint density at radius 2 is 2.07 bits per heavy atom. The van der Waals surface area contributed by atoms with Crippen molar-refractivity contribution in [2.75, 3.05) is 6.61 Å². The number of aromatic amines is 1. The molecule has 0 aliphatic carbocycles. The van der Waals surface area contributed by atoms with Gasteiger partial charge in [0.25, 0.3) is 5.91 Å². The van der Waals surface area contributed by atoms with Crippen LogP contribution >= 0.6 is 0 Å². The molecule has 9 heteroatoms. The van der Waals surface area contributed by atoms with Crippen molar-refractivity contribution in [1.29, 1.82) is 0 Å². The Morgan fingerprint density at radius 1 is 1.30 bits per heavy atom. The Balaban J connectivity index is 1.66. The number of carbonyl (C=O) groups excluding carboxylic acids is 1. The van der Waals surface area contributed by atoms with Gasteiger partial charge in [0.1, 0.15) is 17.3 Å². The van der Waals surface area contributed by atoms with Crippen LogP contribution in [0, 0.1) is 5.82 Å². The highest BCUT2D eigenvalue weighted by Crippen LogP contribution is 2.21. The van der Waals surface area contributed by atoms with E-state index >= 15 is 0 Å². The number of aromatic nitrogens is 2. The fourth-order valence-corrected chi connectivity index (χ4v) is 2.49. The molecule has 3 aromatic rings.